The molecular weight excluding hydrogens is 386 g/mol. The van der Waals surface area contributed by atoms with Crippen LogP contribution in [0.25, 0.3) is 0 Å². The second-order valence-electron chi connectivity index (χ2n) is 5.27. The topological polar surface area (TPSA) is 39.9 Å². The lowest BCUT2D eigenvalue weighted by Crippen LogP contribution is -2.03. The number of hydrogen-bond acceptors (Lipinski definition) is 4. The second-order valence-corrected chi connectivity index (χ2v) is 7.25. The molecule has 0 saturated carbocycles. The second kappa shape index (κ2) is 8.35. The smallest absolute Gasteiger partial charge is 0.191 e. The number of halogens is 1. The summed E-state index contributed by atoms with van der Waals surface area (Å²) in [4.78, 5) is 0. The fraction of sp³-hybridized carbons (Fsp3) is 0.222. The quantitative estimate of drug-likeness (QED) is 0.434. The largest absolute Gasteiger partial charge is 0.493 e. The van der Waals surface area contributed by atoms with E-state index in [0.717, 1.165) is 33.4 Å². The van der Waals surface area contributed by atoms with Gasteiger partial charge in [-0.05, 0) is 29.8 Å². The van der Waals surface area contributed by atoms with Gasteiger partial charge in [-0.1, -0.05) is 58.0 Å². The lowest BCUT2D eigenvalue weighted by molar-refractivity contribution is 0.344. The lowest BCUT2D eigenvalue weighted by atomic mass is 10.1. The maximum absolute atomic E-state index is 5.73. The van der Waals surface area contributed by atoms with E-state index in [1.807, 2.05) is 49.5 Å². The Morgan fingerprint density at radius 1 is 1.04 bits per heavy atom. The van der Waals surface area contributed by atoms with Crippen LogP contribution in [0, 0.1) is 0 Å². The first-order valence-electron chi connectivity index (χ1n) is 7.66. The predicted octanol–water partition coefficient (Wildman–Crippen LogP) is 4.34. The molecule has 0 radical (unpaired) electrons. The zero-order valence-corrected chi connectivity index (χ0v) is 15.8. The first-order chi connectivity index (χ1) is 11.7. The molecule has 1 heterocycles. The van der Waals surface area contributed by atoms with Crippen LogP contribution in [-0.2, 0) is 13.5 Å². The highest BCUT2D eigenvalue weighted by molar-refractivity contribution is 9.10. The van der Waals surface area contributed by atoms with Crippen molar-refractivity contribution in [1.82, 2.24) is 14.8 Å². The van der Waals surface area contributed by atoms with Crippen LogP contribution in [0.4, 0.5) is 0 Å². The summed E-state index contributed by atoms with van der Waals surface area (Å²) >= 11 is 5.07. The summed E-state index contributed by atoms with van der Waals surface area (Å²) in [5.41, 5.74) is 1.24. The van der Waals surface area contributed by atoms with Crippen molar-refractivity contribution in [3.63, 3.8) is 0 Å². The summed E-state index contributed by atoms with van der Waals surface area (Å²) in [6, 6.07) is 18.2. The van der Waals surface area contributed by atoms with Gasteiger partial charge in [0.1, 0.15) is 11.6 Å². The molecule has 124 valence electrons. The summed E-state index contributed by atoms with van der Waals surface area (Å²) in [5.74, 6) is 2.67. The molecule has 0 unspecified atom stereocenters. The fourth-order valence-corrected chi connectivity index (χ4v) is 3.24. The lowest BCUT2D eigenvalue weighted by Gasteiger charge is -2.06. The van der Waals surface area contributed by atoms with Crippen molar-refractivity contribution in [1.29, 1.82) is 0 Å². The zero-order valence-electron chi connectivity index (χ0n) is 13.4. The highest BCUT2D eigenvalue weighted by Gasteiger charge is 2.09. The van der Waals surface area contributed by atoms with E-state index in [0.29, 0.717) is 6.61 Å². The molecule has 24 heavy (non-hydrogen) atoms. The molecule has 6 heteroatoms. The Bertz CT molecular complexity index is 775. The van der Waals surface area contributed by atoms with Crippen molar-refractivity contribution >= 4 is 27.7 Å². The maximum atomic E-state index is 5.73. The molecule has 3 aromatic rings. The molecule has 0 aliphatic rings. The number of thioether (sulfide) groups is 1. The van der Waals surface area contributed by atoms with E-state index in [9.17, 15) is 0 Å². The molecule has 0 atom stereocenters. The van der Waals surface area contributed by atoms with Crippen LogP contribution in [-0.4, -0.2) is 27.1 Å². The van der Waals surface area contributed by atoms with E-state index in [-0.39, 0.29) is 0 Å². The van der Waals surface area contributed by atoms with Gasteiger partial charge in [0.25, 0.3) is 0 Å². The Labute approximate surface area is 154 Å². The Morgan fingerprint density at radius 3 is 2.54 bits per heavy atom. The number of ether oxygens (including phenoxy) is 1. The van der Waals surface area contributed by atoms with Crippen molar-refractivity contribution < 1.29 is 4.74 Å². The third kappa shape index (κ3) is 4.61. The zero-order chi connectivity index (χ0) is 16.8. The number of rotatable bonds is 7. The van der Waals surface area contributed by atoms with Crippen molar-refractivity contribution in [3.05, 3.63) is 70.5 Å². The minimum Gasteiger partial charge on any atom is -0.493 e. The van der Waals surface area contributed by atoms with Gasteiger partial charge in [-0.15, -0.1) is 10.2 Å². The van der Waals surface area contributed by atoms with Crippen LogP contribution in [0.15, 0.2) is 64.2 Å². The molecule has 0 aliphatic carbocycles. The Balaban J connectivity index is 1.50. The Morgan fingerprint density at radius 2 is 1.79 bits per heavy atom. The molecule has 3 rings (SSSR count). The minimum atomic E-state index is 0.632. The van der Waals surface area contributed by atoms with E-state index < -0.39 is 0 Å². The molecule has 0 amide bonds. The van der Waals surface area contributed by atoms with Crippen LogP contribution in [0.5, 0.6) is 5.75 Å². The van der Waals surface area contributed by atoms with Crippen molar-refractivity contribution in [2.24, 2.45) is 7.05 Å². The molecule has 0 N–H and O–H groups in total. The first kappa shape index (κ1) is 17.0. The molecule has 0 saturated heterocycles. The maximum Gasteiger partial charge on any atom is 0.191 e. The molecule has 0 bridgehead atoms. The Hall–Kier alpha value is -1.79. The average molecular weight is 404 g/mol. The summed E-state index contributed by atoms with van der Waals surface area (Å²) < 4.78 is 8.83. The Kier molecular flexibility index (Phi) is 5.93. The molecule has 0 fully saturated rings. The number of benzene rings is 2. The van der Waals surface area contributed by atoms with E-state index in [4.69, 9.17) is 4.74 Å². The van der Waals surface area contributed by atoms with Gasteiger partial charge >= 0.3 is 0 Å². The minimum absolute atomic E-state index is 0.632. The predicted molar refractivity (Wildman–Crippen MR) is 101 cm³/mol. The van der Waals surface area contributed by atoms with Crippen molar-refractivity contribution in [2.45, 2.75) is 11.6 Å². The van der Waals surface area contributed by atoms with E-state index >= 15 is 0 Å². The van der Waals surface area contributed by atoms with E-state index in [1.54, 1.807) is 11.8 Å². The van der Waals surface area contributed by atoms with Gasteiger partial charge in [0.15, 0.2) is 5.16 Å². The number of hydrogen-bond donors (Lipinski definition) is 0. The number of nitrogens with zero attached hydrogens (tertiary/aromatic N) is 3. The fourth-order valence-electron chi connectivity index (χ4n) is 2.23. The monoisotopic (exact) mass is 403 g/mol. The first-order valence-corrected chi connectivity index (χ1v) is 9.43. The van der Waals surface area contributed by atoms with Crippen LogP contribution < -0.4 is 4.74 Å². The molecule has 1 aromatic heterocycles. The van der Waals surface area contributed by atoms with Gasteiger partial charge < -0.3 is 9.30 Å². The highest BCUT2D eigenvalue weighted by Crippen LogP contribution is 2.19. The van der Waals surface area contributed by atoms with E-state index in [1.165, 1.54) is 5.56 Å². The van der Waals surface area contributed by atoms with Gasteiger partial charge in [0, 0.05) is 23.7 Å². The third-order valence-corrected chi connectivity index (χ3v) is 5.04. The van der Waals surface area contributed by atoms with Gasteiger partial charge in [0.2, 0.25) is 0 Å². The van der Waals surface area contributed by atoms with Crippen LogP contribution >= 0.6 is 27.7 Å². The summed E-state index contributed by atoms with van der Waals surface area (Å²) in [6.07, 6.45) is 0.792. The normalized spacial score (nSPS) is 10.8. The van der Waals surface area contributed by atoms with Crippen molar-refractivity contribution in [2.75, 3.05) is 12.4 Å². The summed E-state index contributed by atoms with van der Waals surface area (Å²) in [6.45, 7) is 0.632. The SMILES string of the molecule is Cn1c(Cc2ccccc2)nnc1SCCOc1ccc(Br)cc1. The third-order valence-electron chi connectivity index (χ3n) is 3.53. The summed E-state index contributed by atoms with van der Waals surface area (Å²) in [5, 5.41) is 9.50. The van der Waals surface area contributed by atoms with Crippen LogP contribution in [0.2, 0.25) is 0 Å². The van der Waals surface area contributed by atoms with Crippen LogP contribution in [0.1, 0.15) is 11.4 Å². The van der Waals surface area contributed by atoms with Gasteiger partial charge in [-0.25, -0.2) is 0 Å². The van der Waals surface area contributed by atoms with Crippen molar-refractivity contribution in [3.8, 4) is 5.75 Å². The van der Waals surface area contributed by atoms with Crippen LogP contribution in [0.3, 0.4) is 0 Å². The molecular formula is C18H18BrN3OS. The van der Waals surface area contributed by atoms with Gasteiger partial charge in [-0.2, -0.15) is 0 Å². The highest BCUT2D eigenvalue weighted by atomic mass is 79.9. The summed E-state index contributed by atoms with van der Waals surface area (Å²) in [7, 11) is 2.01. The molecule has 0 spiro atoms. The molecule has 2 aromatic carbocycles. The standard InChI is InChI=1S/C18H18BrN3OS/c1-22-17(13-14-5-3-2-4-6-14)20-21-18(22)24-12-11-23-16-9-7-15(19)8-10-16/h2-10H,11-13H2,1H3. The van der Waals surface area contributed by atoms with E-state index in [2.05, 4.69) is 42.8 Å². The molecule has 4 nitrogen and oxygen atoms in total. The van der Waals surface area contributed by atoms with Gasteiger partial charge in [-0.3, -0.25) is 0 Å². The molecule has 0 aliphatic heterocycles. The van der Waals surface area contributed by atoms with Gasteiger partial charge in [0.05, 0.1) is 6.61 Å². The number of aromatic nitrogens is 3. The average Bonchev–Trinajstić information content (AvgIpc) is 2.94.